The first-order chi connectivity index (χ1) is 8.81. The van der Waals surface area contributed by atoms with E-state index in [9.17, 15) is 0 Å². The maximum absolute atomic E-state index is 4.21. The lowest BCUT2D eigenvalue weighted by molar-refractivity contribution is 0.526. The highest BCUT2D eigenvalue weighted by Gasteiger charge is 2.05. The van der Waals surface area contributed by atoms with Crippen molar-refractivity contribution in [2.75, 3.05) is 12.3 Å². The average Bonchev–Trinajstić information content (AvgIpc) is 2.78. The molecule has 0 saturated heterocycles. The van der Waals surface area contributed by atoms with Gasteiger partial charge in [-0.25, -0.2) is 0 Å². The minimum absolute atomic E-state index is 0.603. The quantitative estimate of drug-likeness (QED) is 0.616. The van der Waals surface area contributed by atoms with Gasteiger partial charge in [0.2, 0.25) is 0 Å². The predicted octanol–water partition coefficient (Wildman–Crippen LogP) is 2.60. The maximum atomic E-state index is 4.21. The van der Waals surface area contributed by atoms with Crippen molar-refractivity contribution in [2.45, 2.75) is 37.9 Å². The van der Waals surface area contributed by atoms with Crippen molar-refractivity contribution < 1.29 is 0 Å². The smallest absolute Gasteiger partial charge is 0.195 e. The van der Waals surface area contributed by atoms with Gasteiger partial charge in [0.1, 0.15) is 0 Å². The number of nitrogens with zero attached hydrogens (tertiary/aromatic N) is 3. The third-order valence-corrected chi connectivity index (χ3v) is 3.88. The molecule has 1 unspecified atom stereocenters. The summed E-state index contributed by atoms with van der Waals surface area (Å²) in [4.78, 5) is 0. The van der Waals surface area contributed by atoms with E-state index in [1.807, 2.05) is 28.8 Å². The molecule has 0 radical (unpaired) electrons. The molecule has 2 heterocycles. The number of nitrogens with one attached hydrogen (secondary N) is 1. The van der Waals surface area contributed by atoms with E-state index in [0.29, 0.717) is 6.04 Å². The van der Waals surface area contributed by atoms with Gasteiger partial charge in [-0.3, -0.25) is 4.40 Å². The molecule has 0 aromatic carbocycles. The van der Waals surface area contributed by atoms with Crippen molar-refractivity contribution in [3.8, 4) is 0 Å². The number of hydrogen-bond donors (Lipinski definition) is 1. The Kier molecular flexibility index (Phi) is 5.01. The second-order valence-corrected chi connectivity index (χ2v) is 5.42. The summed E-state index contributed by atoms with van der Waals surface area (Å²) in [7, 11) is 0. The van der Waals surface area contributed by atoms with E-state index in [1.54, 1.807) is 11.8 Å². The molecule has 2 rings (SSSR count). The van der Waals surface area contributed by atoms with E-state index < -0.39 is 0 Å². The topological polar surface area (TPSA) is 42.2 Å². The molecule has 0 spiro atoms. The zero-order valence-corrected chi connectivity index (χ0v) is 11.8. The van der Waals surface area contributed by atoms with Gasteiger partial charge >= 0.3 is 0 Å². The van der Waals surface area contributed by atoms with Crippen LogP contribution in [0.2, 0.25) is 0 Å². The Bertz CT molecular complexity index is 483. The molecule has 1 N–H and O–H groups in total. The van der Waals surface area contributed by atoms with E-state index in [1.165, 1.54) is 12.8 Å². The summed E-state index contributed by atoms with van der Waals surface area (Å²) in [6.07, 6.45) is 4.41. The van der Waals surface area contributed by atoms with Crippen LogP contribution in [-0.4, -0.2) is 32.9 Å². The fourth-order valence-corrected chi connectivity index (χ4v) is 2.81. The summed E-state index contributed by atoms with van der Waals surface area (Å²) in [5.41, 5.74) is 0.918. The molecule has 2 aromatic rings. The van der Waals surface area contributed by atoms with Crippen LogP contribution in [0.3, 0.4) is 0 Å². The molecule has 0 aliphatic heterocycles. The molecule has 0 aliphatic carbocycles. The number of pyridine rings is 1. The Morgan fingerprint density at radius 2 is 2.28 bits per heavy atom. The van der Waals surface area contributed by atoms with Crippen LogP contribution < -0.4 is 5.32 Å². The van der Waals surface area contributed by atoms with Gasteiger partial charge in [-0.2, -0.15) is 0 Å². The van der Waals surface area contributed by atoms with Crippen LogP contribution in [0, 0.1) is 0 Å². The van der Waals surface area contributed by atoms with E-state index >= 15 is 0 Å². The number of rotatable bonds is 7. The Morgan fingerprint density at radius 1 is 1.39 bits per heavy atom. The van der Waals surface area contributed by atoms with Gasteiger partial charge in [0.25, 0.3) is 0 Å². The average molecular weight is 264 g/mol. The summed E-state index contributed by atoms with van der Waals surface area (Å²) >= 11 is 1.78. The zero-order valence-electron chi connectivity index (χ0n) is 11.0. The first-order valence-electron chi connectivity index (χ1n) is 6.47. The van der Waals surface area contributed by atoms with E-state index in [0.717, 1.165) is 23.1 Å². The SMILES string of the molecule is CCNC(C)CCCSc1nnc2ccccn12. The predicted molar refractivity (Wildman–Crippen MR) is 76.1 cm³/mol. The van der Waals surface area contributed by atoms with E-state index in [-0.39, 0.29) is 0 Å². The summed E-state index contributed by atoms with van der Waals surface area (Å²) < 4.78 is 2.04. The van der Waals surface area contributed by atoms with Crippen molar-refractivity contribution in [3.63, 3.8) is 0 Å². The minimum Gasteiger partial charge on any atom is -0.315 e. The Balaban J connectivity index is 1.80. The Labute approximate surface area is 112 Å². The van der Waals surface area contributed by atoms with Gasteiger partial charge in [-0.15, -0.1) is 10.2 Å². The molecule has 98 valence electrons. The summed E-state index contributed by atoms with van der Waals surface area (Å²) in [5, 5.41) is 12.8. The van der Waals surface area contributed by atoms with Crippen molar-refractivity contribution >= 4 is 17.4 Å². The monoisotopic (exact) mass is 264 g/mol. The highest BCUT2D eigenvalue weighted by atomic mass is 32.2. The summed E-state index contributed by atoms with van der Waals surface area (Å²) in [6, 6.07) is 6.57. The molecular weight excluding hydrogens is 244 g/mol. The summed E-state index contributed by atoms with van der Waals surface area (Å²) in [6.45, 7) is 5.43. The molecule has 5 heteroatoms. The van der Waals surface area contributed by atoms with Crippen LogP contribution in [0.4, 0.5) is 0 Å². The molecule has 2 aromatic heterocycles. The van der Waals surface area contributed by atoms with Crippen LogP contribution in [-0.2, 0) is 0 Å². The normalized spacial score (nSPS) is 13.0. The maximum Gasteiger partial charge on any atom is 0.195 e. The van der Waals surface area contributed by atoms with E-state index in [4.69, 9.17) is 0 Å². The second kappa shape index (κ2) is 6.75. The fourth-order valence-electron chi connectivity index (χ4n) is 1.92. The van der Waals surface area contributed by atoms with Gasteiger partial charge in [0, 0.05) is 18.0 Å². The standard InChI is InChI=1S/C13H20N4S/c1-3-14-11(2)7-6-10-18-13-16-15-12-8-4-5-9-17(12)13/h4-5,8-9,11,14H,3,6-7,10H2,1-2H3. The van der Waals surface area contributed by atoms with Crippen molar-refractivity contribution in [1.82, 2.24) is 19.9 Å². The molecule has 0 aliphatic rings. The van der Waals surface area contributed by atoms with Crippen LogP contribution in [0.5, 0.6) is 0 Å². The minimum atomic E-state index is 0.603. The number of aromatic nitrogens is 3. The third kappa shape index (κ3) is 3.46. The highest BCUT2D eigenvalue weighted by Crippen LogP contribution is 2.18. The Morgan fingerprint density at radius 3 is 3.11 bits per heavy atom. The summed E-state index contributed by atoms with van der Waals surface area (Å²) in [5.74, 6) is 1.09. The molecule has 0 bridgehead atoms. The lowest BCUT2D eigenvalue weighted by Crippen LogP contribution is -2.25. The van der Waals surface area contributed by atoms with Gasteiger partial charge in [0.15, 0.2) is 10.8 Å². The molecule has 18 heavy (non-hydrogen) atoms. The Hall–Kier alpha value is -1.07. The van der Waals surface area contributed by atoms with Gasteiger partial charge in [0.05, 0.1) is 0 Å². The van der Waals surface area contributed by atoms with E-state index in [2.05, 4.69) is 29.4 Å². The van der Waals surface area contributed by atoms with Crippen molar-refractivity contribution in [1.29, 1.82) is 0 Å². The van der Waals surface area contributed by atoms with Gasteiger partial charge in [-0.1, -0.05) is 24.8 Å². The van der Waals surface area contributed by atoms with Gasteiger partial charge < -0.3 is 5.32 Å². The van der Waals surface area contributed by atoms with Crippen LogP contribution in [0.1, 0.15) is 26.7 Å². The number of fused-ring (bicyclic) bond motifs is 1. The highest BCUT2D eigenvalue weighted by molar-refractivity contribution is 7.99. The third-order valence-electron chi connectivity index (χ3n) is 2.85. The van der Waals surface area contributed by atoms with Crippen molar-refractivity contribution in [3.05, 3.63) is 24.4 Å². The number of hydrogen-bond acceptors (Lipinski definition) is 4. The van der Waals surface area contributed by atoms with Crippen LogP contribution in [0.25, 0.3) is 5.65 Å². The first-order valence-corrected chi connectivity index (χ1v) is 7.45. The lowest BCUT2D eigenvalue weighted by atomic mass is 10.2. The number of thioether (sulfide) groups is 1. The van der Waals surface area contributed by atoms with Gasteiger partial charge in [-0.05, 0) is 38.4 Å². The zero-order chi connectivity index (χ0) is 12.8. The molecule has 1 atom stereocenters. The lowest BCUT2D eigenvalue weighted by Gasteiger charge is -2.10. The van der Waals surface area contributed by atoms with Crippen molar-refractivity contribution in [2.24, 2.45) is 0 Å². The van der Waals surface area contributed by atoms with Crippen LogP contribution in [0.15, 0.2) is 29.6 Å². The molecule has 0 amide bonds. The molecule has 4 nitrogen and oxygen atoms in total. The second-order valence-electron chi connectivity index (χ2n) is 4.36. The van der Waals surface area contributed by atoms with Crippen LogP contribution >= 0.6 is 11.8 Å². The molecule has 0 saturated carbocycles. The molecular formula is C13H20N4S. The molecule has 0 fully saturated rings. The fraction of sp³-hybridized carbons (Fsp3) is 0.538. The first kappa shape index (κ1) is 13.4. The largest absolute Gasteiger partial charge is 0.315 e.